The molecule has 1 aliphatic rings. The van der Waals surface area contributed by atoms with Gasteiger partial charge in [-0.2, -0.15) is 0 Å². The monoisotopic (exact) mass is 378 g/mol. The van der Waals surface area contributed by atoms with Gasteiger partial charge >= 0.3 is 5.97 Å². The second kappa shape index (κ2) is 6.78. The van der Waals surface area contributed by atoms with E-state index in [1.54, 1.807) is 0 Å². The number of fused-ring (bicyclic) bond motifs is 1. The largest absolute Gasteiger partial charge is 0.463 e. The molecule has 0 saturated carbocycles. The molecule has 122 valence electrons. The first-order chi connectivity index (χ1) is 11.0. The van der Waals surface area contributed by atoms with Crippen LogP contribution >= 0.6 is 15.9 Å². The number of hydrogen-bond donors (Lipinski definition) is 0. The Morgan fingerprint density at radius 3 is 2.96 bits per heavy atom. The Hall–Kier alpha value is -1.76. The van der Waals surface area contributed by atoms with E-state index in [-0.39, 0.29) is 18.0 Å². The standard InChI is InChI=1S/C16H19BrN4O2/c1-10(2)23-15(22)11-4-3-7-21(9-11)16-18-13-6-5-12(17)8-14(13)19-20-16/h5-6,8,10-11H,3-4,7,9H2,1-2H3. The first-order valence-corrected chi connectivity index (χ1v) is 8.57. The average Bonchev–Trinajstić information content (AvgIpc) is 2.54. The molecule has 0 bridgehead atoms. The predicted molar refractivity (Wildman–Crippen MR) is 91.2 cm³/mol. The number of anilines is 1. The fraction of sp³-hybridized carbons (Fsp3) is 0.500. The summed E-state index contributed by atoms with van der Waals surface area (Å²) in [5, 5.41) is 8.45. The summed E-state index contributed by atoms with van der Waals surface area (Å²) in [6, 6.07) is 5.73. The third-order valence-corrected chi connectivity index (χ3v) is 4.29. The Bertz CT molecular complexity index is 722. The Balaban J connectivity index is 1.78. The van der Waals surface area contributed by atoms with Crippen molar-refractivity contribution in [3.8, 4) is 0 Å². The van der Waals surface area contributed by atoms with Crippen LogP contribution in [-0.4, -0.2) is 40.3 Å². The quantitative estimate of drug-likeness (QED) is 0.764. The smallest absolute Gasteiger partial charge is 0.310 e. The fourth-order valence-corrected chi connectivity index (χ4v) is 3.06. The van der Waals surface area contributed by atoms with Crippen molar-refractivity contribution >= 4 is 38.9 Å². The number of carbonyl (C=O) groups excluding carboxylic acids is 1. The lowest BCUT2D eigenvalue weighted by atomic mass is 9.98. The SMILES string of the molecule is CC(C)OC(=O)C1CCCN(c2nnc3cc(Br)ccc3n2)C1. The van der Waals surface area contributed by atoms with Gasteiger partial charge in [-0.15, -0.1) is 10.2 Å². The van der Waals surface area contributed by atoms with Gasteiger partial charge in [-0.25, -0.2) is 4.98 Å². The highest BCUT2D eigenvalue weighted by molar-refractivity contribution is 9.10. The third-order valence-electron chi connectivity index (χ3n) is 3.79. The summed E-state index contributed by atoms with van der Waals surface area (Å²) in [7, 11) is 0. The second-order valence-electron chi connectivity index (χ2n) is 6.02. The summed E-state index contributed by atoms with van der Waals surface area (Å²) in [5.74, 6) is 0.305. The number of carbonyl (C=O) groups is 1. The number of esters is 1. The van der Waals surface area contributed by atoms with E-state index in [0.717, 1.165) is 34.9 Å². The molecule has 0 radical (unpaired) electrons. The maximum Gasteiger partial charge on any atom is 0.310 e. The molecule has 1 aromatic heterocycles. The number of benzene rings is 1. The molecule has 1 aliphatic heterocycles. The number of hydrogen-bond acceptors (Lipinski definition) is 6. The topological polar surface area (TPSA) is 68.2 Å². The second-order valence-corrected chi connectivity index (χ2v) is 6.93. The number of ether oxygens (including phenoxy) is 1. The van der Waals surface area contributed by atoms with Gasteiger partial charge in [0.15, 0.2) is 0 Å². The molecule has 6 nitrogen and oxygen atoms in total. The number of halogens is 1. The zero-order chi connectivity index (χ0) is 16.4. The molecule has 1 unspecified atom stereocenters. The number of piperidine rings is 1. The van der Waals surface area contributed by atoms with Crippen LogP contribution < -0.4 is 4.90 Å². The summed E-state index contributed by atoms with van der Waals surface area (Å²) < 4.78 is 6.28. The van der Waals surface area contributed by atoms with Gasteiger partial charge in [-0.3, -0.25) is 4.79 Å². The normalized spacial score (nSPS) is 18.4. The van der Waals surface area contributed by atoms with Crippen LogP contribution in [0.1, 0.15) is 26.7 Å². The van der Waals surface area contributed by atoms with Crippen LogP contribution in [0, 0.1) is 5.92 Å². The van der Waals surface area contributed by atoms with Crippen LogP contribution in [0.2, 0.25) is 0 Å². The minimum absolute atomic E-state index is 0.0880. The lowest BCUT2D eigenvalue weighted by Crippen LogP contribution is -2.40. The highest BCUT2D eigenvalue weighted by atomic mass is 79.9. The minimum Gasteiger partial charge on any atom is -0.463 e. The van der Waals surface area contributed by atoms with E-state index in [1.807, 2.05) is 36.9 Å². The molecule has 2 heterocycles. The van der Waals surface area contributed by atoms with Gasteiger partial charge in [0.25, 0.3) is 0 Å². The molecule has 0 N–H and O–H groups in total. The van der Waals surface area contributed by atoms with Crippen LogP contribution in [0.5, 0.6) is 0 Å². The van der Waals surface area contributed by atoms with E-state index >= 15 is 0 Å². The van der Waals surface area contributed by atoms with Gasteiger partial charge in [0.2, 0.25) is 5.95 Å². The van der Waals surface area contributed by atoms with Crippen LogP contribution in [-0.2, 0) is 9.53 Å². The third kappa shape index (κ3) is 3.77. The Kier molecular flexibility index (Phi) is 4.75. The minimum atomic E-state index is -0.137. The average molecular weight is 379 g/mol. The molecular weight excluding hydrogens is 360 g/mol. The highest BCUT2D eigenvalue weighted by Gasteiger charge is 2.29. The number of rotatable bonds is 3. The van der Waals surface area contributed by atoms with E-state index < -0.39 is 0 Å². The Morgan fingerprint density at radius 2 is 2.17 bits per heavy atom. The number of aromatic nitrogens is 3. The van der Waals surface area contributed by atoms with Crippen LogP contribution in [0.25, 0.3) is 11.0 Å². The van der Waals surface area contributed by atoms with Crippen molar-refractivity contribution in [2.75, 3.05) is 18.0 Å². The molecule has 7 heteroatoms. The van der Waals surface area contributed by atoms with Gasteiger partial charge in [0, 0.05) is 17.6 Å². The van der Waals surface area contributed by atoms with E-state index in [0.29, 0.717) is 12.5 Å². The maximum atomic E-state index is 12.1. The zero-order valence-electron chi connectivity index (χ0n) is 13.2. The summed E-state index contributed by atoms with van der Waals surface area (Å²) in [6.45, 7) is 5.14. The predicted octanol–water partition coefficient (Wildman–Crippen LogP) is 2.96. The molecule has 23 heavy (non-hydrogen) atoms. The van der Waals surface area contributed by atoms with Crippen molar-refractivity contribution < 1.29 is 9.53 Å². The molecule has 0 spiro atoms. The first kappa shape index (κ1) is 16.1. The van der Waals surface area contributed by atoms with E-state index in [4.69, 9.17) is 4.74 Å². The fourth-order valence-electron chi connectivity index (χ4n) is 2.71. The van der Waals surface area contributed by atoms with Crippen molar-refractivity contribution in [2.24, 2.45) is 5.92 Å². The Labute approximate surface area is 143 Å². The van der Waals surface area contributed by atoms with Crippen molar-refractivity contribution in [1.82, 2.24) is 15.2 Å². The molecule has 2 aromatic rings. The molecule has 3 rings (SSSR count). The van der Waals surface area contributed by atoms with Crippen molar-refractivity contribution in [2.45, 2.75) is 32.8 Å². The van der Waals surface area contributed by atoms with Gasteiger partial charge in [-0.05, 0) is 44.9 Å². The van der Waals surface area contributed by atoms with Crippen molar-refractivity contribution in [3.63, 3.8) is 0 Å². The molecule has 0 amide bonds. The molecule has 1 fully saturated rings. The van der Waals surface area contributed by atoms with E-state index in [2.05, 4.69) is 31.1 Å². The van der Waals surface area contributed by atoms with Crippen LogP contribution in [0.4, 0.5) is 5.95 Å². The summed E-state index contributed by atoms with van der Waals surface area (Å²) in [6.07, 6.45) is 1.67. The summed E-state index contributed by atoms with van der Waals surface area (Å²) in [5.41, 5.74) is 1.54. The molecule has 1 saturated heterocycles. The van der Waals surface area contributed by atoms with Crippen molar-refractivity contribution in [3.05, 3.63) is 22.7 Å². The lowest BCUT2D eigenvalue weighted by molar-refractivity contribution is -0.152. The highest BCUT2D eigenvalue weighted by Crippen LogP contribution is 2.23. The van der Waals surface area contributed by atoms with Gasteiger partial charge in [-0.1, -0.05) is 15.9 Å². The van der Waals surface area contributed by atoms with Crippen LogP contribution in [0.3, 0.4) is 0 Å². The summed E-state index contributed by atoms with van der Waals surface area (Å²) in [4.78, 5) is 18.7. The molecule has 1 atom stereocenters. The van der Waals surface area contributed by atoms with Crippen LogP contribution in [0.15, 0.2) is 22.7 Å². The van der Waals surface area contributed by atoms with Gasteiger partial charge in [0.05, 0.1) is 17.5 Å². The lowest BCUT2D eigenvalue weighted by Gasteiger charge is -2.31. The summed E-state index contributed by atoms with van der Waals surface area (Å²) >= 11 is 3.41. The molecular formula is C16H19BrN4O2. The van der Waals surface area contributed by atoms with E-state index in [9.17, 15) is 4.79 Å². The van der Waals surface area contributed by atoms with E-state index in [1.165, 1.54) is 0 Å². The van der Waals surface area contributed by atoms with Crippen molar-refractivity contribution in [1.29, 1.82) is 0 Å². The maximum absolute atomic E-state index is 12.1. The molecule has 0 aliphatic carbocycles. The Morgan fingerprint density at radius 1 is 1.35 bits per heavy atom. The van der Waals surface area contributed by atoms with Gasteiger partial charge < -0.3 is 9.64 Å². The molecule has 1 aromatic carbocycles. The van der Waals surface area contributed by atoms with Gasteiger partial charge in [0.1, 0.15) is 5.52 Å². The first-order valence-electron chi connectivity index (χ1n) is 7.78. The number of nitrogens with zero attached hydrogens (tertiary/aromatic N) is 4. The zero-order valence-corrected chi connectivity index (χ0v) is 14.8.